The van der Waals surface area contributed by atoms with Gasteiger partial charge in [-0.05, 0) is 67.5 Å². The maximum Gasteiger partial charge on any atom is 0.0521 e. The Balaban J connectivity index is -0.000000459. The Kier molecular flexibility index (Phi) is 27.5. The standard InChI is InChI=1S/C15H22S.C9H11N.C3H8.3C2H6/c1-6-9-10-14-11(4)13(7-2)12(5)16-15(14)8-3;1-7-6-8-4-2-3-5-9(8)10-7;1-3-2;3*1-2/h8,10,15H,3,5-7,9H2,1-2,4H3;4-6,10H,2-3H2,1H3;3H2,1-2H3;3*1-2H3/b14-10-;;;;;. The molecule has 1 aromatic rings. The van der Waals surface area contributed by atoms with Gasteiger partial charge in [0, 0.05) is 15.9 Å². The summed E-state index contributed by atoms with van der Waals surface area (Å²) in [6.45, 7) is 33.1. The number of allylic oxidation sites excluding steroid dienone is 3. The molecule has 1 aliphatic carbocycles. The molecule has 1 aromatic heterocycles. The van der Waals surface area contributed by atoms with Crippen LogP contribution < -0.4 is 10.6 Å². The average molecular weight is 502 g/mol. The van der Waals surface area contributed by atoms with Crippen LogP contribution >= 0.6 is 11.8 Å². The smallest absolute Gasteiger partial charge is 0.0521 e. The van der Waals surface area contributed by atoms with E-state index in [0.29, 0.717) is 5.25 Å². The fraction of sp³-hybridized carbons (Fsp3) is 0.576. The molecule has 0 amide bonds. The quantitative estimate of drug-likeness (QED) is 0.406. The number of hydrogen-bond acceptors (Lipinski definition) is 1. The van der Waals surface area contributed by atoms with Crippen LogP contribution in [0.25, 0.3) is 12.2 Å². The van der Waals surface area contributed by atoms with Gasteiger partial charge in [-0.25, -0.2) is 0 Å². The molecule has 1 N–H and O–H groups in total. The van der Waals surface area contributed by atoms with Crippen molar-refractivity contribution >= 4 is 23.9 Å². The van der Waals surface area contributed by atoms with Crippen molar-refractivity contribution in [3.05, 3.63) is 69.3 Å². The van der Waals surface area contributed by atoms with Crippen molar-refractivity contribution in [2.75, 3.05) is 0 Å². The number of nitrogens with one attached hydrogen (secondary N) is 1. The summed E-state index contributed by atoms with van der Waals surface area (Å²) in [4.78, 5) is 4.53. The van der Waals surface area contributed by atoms with Crippen LogP contribution in [0.15, 0.2) is 53.0 Å². The predicted octanol–water partition coefficient (Wildman–Crippen LogP) is 10.4. The molecule has 0 aromatic carbocycles. The highest BCUT2D eigenvalue weighted by atomic mass is 32.2. The van der Waals surface area contributed by atoms with Gasteiger partial charge < -0.3 is 4.98 Å². The summed E-state index contributed by atoms with van der Waals surface area (Å²) in [5, 5.41) is 3.09. The van der Waals surface area contributed by atoms with Gasteiger partial charge in [0.25, 0.3) is 0 Å². The molecule has 35 heavy (non-hydrogen) atoms. The molecular formula is C33H59NS. The van der Waals surface area contributed by atoms with E-state index >= 15 is 0 Å². The van der Waals surface area contributed by atoms with Gasteiger partial charge in [-0.3, -0.25) is 0 Å². The molecule has 3 rings (SSSR count). The van der Waals surface area contributed by atoms with Crippen molar-refractivity contribution in [1.82, 2.24) is 4.98 Å². The van der Waals surface area contributed by atoms with Crippen LogP contribution in [0.3, 0.4) is 0 Å². The molecule has 1 atom stereocenters. The largest absolute Gasteiger partial charge is 0.359 e. The molecule has 0 radical (unpaired) electrons. The lowest BCUT2D eigenvalue weighted by atomic mass is 9.95. The van der Waals surface area contributed by atoms with Crippen LogP contribution in [-0.2, 0) is 0 Å². The van der Waals surface area contributed by atoms with E-state index in [0.717, 1.165) is 12.8 Å². The number of H-pyrrole nitrogens is 1. The van der Waals surface area contributed by atoms with Crippen LogP contribution in [0.1, 0.15) is 120 Å². The zero-order valence-electron chi connectivity index (χ0n) is 25.5. The van der Waals surface area contributed by atoms with Gasteiger partial charge in [0.1, 0.15) is 0 Å². The second-order valence-electron chi connectivity index (χ2n) is 7.62. The summed E-state index contributed by atoms with van der Waals surface area (Å²) in [6, 6.07) is 2.20. The maximum absolute atomic E-state index is 4.16. The van der Waals surface area contributed by atoms with E-state index in [1.165, 1.54) is 63.6 Å². The summed E-state index contributed by atoms with van der Waals surface area (Å²) in [5.74, 6) is 0. The van der Waals surface area contributed by atoms with E-state index in [4.69, 9.17) is 0 Å². The lowest BCUT2D eigenvalue weighted by Crippen LogP contribution is -2.23. The number of aryl methyl sites for hydroxylation is 1. The van der Waals surface area contributed by atoms with E-state index in [1.54, 1.807) is 0 Å². The number of unbranched alkanes of at least 4 members (excludes halogenated alkanes) is 1. The maximum atomic E-state index is 4.16. The van der Waals surface area contributed by atoms with E-state index in [-0.39, 0.29) is 0 Å². The average Bonchev–Trinajstić information content (AvgIpc) is 3.28. The first kappa shape index (κ1) is 37.9. The van der Waals surface area contributed by atoms with E-state index in [2.05, 4.69) is 84.0 Å². The SMILES string of the molecule is C=CC1SC(=C)C(CC)=C(C)/C1=C/CCC.CC.CC.CC.CCC.Cc1cc2c([nH]1)=CCCC=2. The zero-order chi connectivity index (χ0) is 27.8. The number of rotatable bonds is 4. The molecule has 0 saturated heterocycles. The second-order valence-corrected chi connectivity index (χ2v) is 8.85. The minimum absolute atomic E-state index is 0.398. The number of fused-ring (bicyclic) bond motifs is 1. The highest BCUT2D eigenvalue weighted by molar-refractivity contribution is 8.04. The van der Waals surface area contributed by atoms with Crippen molar-refractivity contribution in [1.29, 1.82) is 0 Å². The Labute approximate surface area is 224 Å². The highest BCUT2D eigenvalue weighted by Crippen LogP contribution is 2.43. The van der Waals surface area contributed by atoms with Gasteiger partial charge in [-0.15, -0.1) is 18.3 Å². The Hall–Kier alpha value is -1.67. The van der Waals surface area contributed by atoms with Crippen LogP contribution in [0.2, 0.25) is 0 Å². The van der Waals surface area contributed by atoms with Crippen molar-refractivity contribution in [3.8, 4) is 0 Å². The fourth-order valence-corrected chi connectivity index (χ4v) is 4.77. The van der Waals surface area contributed by atoms with Gasteiger partial charge in [-0.1, -0.05) is 113 Å². The topological polar surface area (TPSA) is 15.8 Å². The minimum Gasteiger partial charge on any atom is -0.359 e. The fourth-order valence-electron chi connectivity index (χ4n) is 3.53. The summed E-state index contributed by atoms with van der Waals surface area (Å²) >= 11 is 1.84. The van der Waals surface area contributed by atoms with Crippen LogP contribution in [0.5, 0.6) is 0 Å². The summed E-state index contributed by atoms with van der Waals surface area (Å²) in [6.07, 6.45) is 16.0. The Morgan fingerprint density at radius 2 is 1.51 bits per heavy atom. The van der Waals surface area contributed by atoms with Crippen LogP contribution in [0.4, 0.5) is 0 Å². The van der Waals surface area contributed by atoms with Crippen molar-refractivity contribution < 1.29 is 0 Å². The molecule has 2 aliphatic rings. The zero-order valence-corrected chi connectivity index (χ0v) is 26.3. The number of thioether (sulfide) groups is 1. The molecule has 1 nitrogen and oxygen atoms in total. The molecule has 0 fully saturated rings. The normalized spacial score (nSPS) is 16.4. The molecule has 0 saturated carbocycles. The third kappa shape index (κ3) is 14.5. The summed E-state index contributed by atoms with van der Waals surface area (Å²) in [5.41, 5.74) is 5.56. The van der Waals surface area contributed by atoms with Crippen molar-refractivity contribution in [2.45, 2.75) is 127 Å². The Morgan fingerprint density at radius 3 is 1.97 bits per heavy atom. The first-order chi connectivity index (χ1) is 16.9. The second kappa shape index (κ2) is 25.4. The van der Waals surface area contributed by atoms with Gasteiger partial charge in [0.15, 0.2) is 0 Å². The molecule has 2 heteroatoms. The molecule has 0 bridgehead atoms. The first-order valence-corrected chi connectivity index (χ1v) is 15.1. The number of aromatic amines is 1. The van der Waals surface area contributed by atoms with Gasteiger partial charge in [-0.2, -0.15) is 0 Å². The highest BCUT2D eigenvalue weighted by Gasteiger charge is 2.23. The van der Waals surface area contributed by atoms with Gasteiger partial charge in [0.05, 0.1) is 5.25 Å². The van der Waals surface area contributed by atoms with E-state index < -0.39 is 0 Å². The van der Waals surface area contributed by atoms with Crippen LogP contribution in [-0.4, -0.2) is 10.2 Å². The third-order valence-corrected chi connectivity index (χ3v) is 6.14. The Bertz CT molecular complexity index is 815. The summed E-state index contributed by atoms with van der Waals surface area (Å²) < 4.78 is 0. The first-order valence-electron chi connectivity index (χ1n) is 14.2. The van der Waals surface area contributed by atoms with E-state index in [9.17, 15) is 0 Å². The molecule has 1 aliphatic heterocycles. The minimum atomic E-state index is 0.398. The predicted molar refractivity (Wildman–Crippen MR) is 170 cm³/mol. The molecule has 1 unspecified atom stereocenters. The van der Waals surface area contributed by atoms with Crippen LogP contribution in [0, 0.1) is 6.92 Å². The number of hydrogen-bond donors (Lipinski definition) is 1. The summed E-state index contributed by atoms with van der Waals surface area (Å²) in [7, 11) is 0. The van der Waals surface area contributed by atoms with Crippen molar-refractivity contribution in [3.63, 3.8) is 0 Å². The molecule has 202 valence electrons. The lowest BCUT2D eigenvalue weighted by molar-refractivity contribution is 0.940. The number of aromatic nitrogens is 1. The van der Waals surface area contributed by atoms with Crippen molar-refractivity contribution in [2.24, 2.45) is 0 Å². The third-order valence-electron chi connectivity index (χ3n) is 4.91. The van der Waals surface area contributed by atoms with Gasteiger partial charge in [0.2, 0.25) is 0 Å². The lowest BCUT2D eigenvalue weighted by Gasteiger charge is -2.28. The molecule has 2 heterocycles. The molecular weight excluding hydrogens is 442 g/mol. The Morgan fingerprint density at radius 1 is 0.971 bits per heavy atom. The monoisotopic (exact) mass is 501 g/mol. The molecule has 0 spiro atoms. The van der Waals surface area contributed by atoms with Gasteiger partial charge >= 0.3 is 0 Å². The van der Waals surface area contributed by atoms with E-state index in [1.807, 2.05) is 59.4 Å².